The summed E-state index contributed by atoms with van der Waals surface area (Å²) in [5.74, 6) is -1.04. The topological polar surface area (TPSA) is 73.2 Å². The third-order valence-electron chi connectivity index (χ3n) is 3.14. The number of carboxylic acid groups (broad SMARTS) is 1. The van der Waals surface area contributed by atoms with E-state index in [2.05, 4.69) is 4.99 Å². The maximum atomic E-state index is 12.1. The highest BCUT2D eigenvalue weighted by molar-refractivity contribution is 6.14. The third kappa shape index (κ3) is 3.28. The van der Waals surface area contributed by atoms with Crippen molar-refractivity contribution in [2.45, 2.75) is 6.92 Å². The van der Waals surface area contributed by atoms with E-state index in [9.17, 15) is 9.59 Å². The predicted molar refractivity (Wildman–Crippen MR) is 81.2 cm³/mol. The van der Waals surface area contributed by atoms with Gasteiger partial charge in [-0.15, -0.1) is 0 Å². The smallest absolute Gasteiger partial charge is 0.323 e. The van der Waals surface area contributed by atoms with Gasteiger partial charge in [0.25, 0.3) is 5.91 Å². The average molecular weight is 287 g/mol. The van der Waals surface area contributed by atoms with Gasteiger partial charge in [-0.25, -0.2) is 4.99 Å². The quantitative estimate of drug-likeness (QED) is 0.850. The first-order valence-corrected chi connectivity index (χ1v) is 6.46. The van der Waals surface area contributed by atoms with Crippen molar-refractivity contribution < 1.29 is 14.7 Å². The number of aliphatic imine (C=N–C) groups is 1. The van der Waals surface area contributed by atoms with E-state index >= 15 is 0 Å². The van der Waals surface area contributed by atoms with Crippen LogP contribution in [0.4, 0.5) is 5.69 Å². The first kappa shape index (κ1) is 14.8. The second-order valence-corrected chi connectivity index (χ2v) is 4.96. The Balaban J connectivity index is 2.22. The maximum absolute atomic E-state index is 12.1. The lowest BCUT2D eigenvalue weighted by atomic mass is 10.1. The van der Waals surface area contributed by atoms with Crippen molar-refractivity contribution in [1.29, 1.82) is 0 Å². The molecule has 0 saturated carbocycles. The molecular formula is C15H17N3O3. The van der Waals surface area contributed by atoms with Gasteiger partial charge in [-0.2, -0.15) is 0 Å². The molecule has 0 aliphatic carbocycles. The van der Waals surface area contributed by atoms with E-state index in [0.29, 0.717) is 5.84 Å². The molecule has 0 radical (unpaired) electrons. The Morgan fingerprint density at radius 1 is 1.33 bits per heavy atom. The molecule has 0 unspecified atom stereocenters. The predicted octanol–water partition coefficient (Wildman–Crippen LogP) is 1.44. The van der Waals surface area contributed by atoms with Crippen LogP contribution in [0.15, 0.2) is 35.0 Å². The zero-order valence-corrected chi connectivity index (χ0v) is 12.2. The Morgan fingerprint density at radius 2 is 1.95 bits per heavy atom. The summed E-state index contributed by atoms with van der Waals surface area (Å²) in [7, 11) is 3.90. The zero-order chi connectivity index (χ0) is 15.6. The maximum Gasteiger partial charge on any atom is 0.323 e. The summed E-state index contributed by atoms with van der Waals surface area (Å²) in [6, 6.07) is 7.66. The average Bonchev–Trinajstić information content (AvgIpc) is 2.67. The lowest BCUT2D eigenvalue weighted by Gasteiger charge is -2.12. The SMILES string of the molecule is CC1=N/C(=C/c2ccc(N(C)C)cc2)C(=O)N1CC(=O)O. The fourth-order valence-corrected chi connectivity index (χ4v) is 2.01. The Bertz CT molecular complexity index is 630. The van der Waals surface area contributed by atoms with Crippen LogP contribution in [0.1, 0.15) is 12.5 Å². The van der Waals surface area contributed by atoms with E-state index in [1.807, 2.05) is 43.3 Å². The molecule has 21 heavy (non-hydrogen) atoms. The van der Waals surface area contributed by atoms with Crippen molar-refractivity contribution in [2.24, 2.45) is 4.99 Å². The summed E-state index contributed by atoms with van der Waals surface area (Å²) in [6.07, 6.45) is 1.66. The van der Waals surface area contributed by atoms with Gasteiger partial charge in [0.1, 0.15) is 18.1 Å². The van der Waals surface area contributed by atoms with E-state index in [1.165, 1.54) is 0 Å². The number of carbonyl (C=O) groups excluding carboxylic acids is 1. The van der Waals surface area contributed by atoms with Gasteiger partial charge in [-0.3, -0.25) is 14.5 Å². The number of aliphatic carboxylic acids is 1. The molecule has 1 aliphatic heterocycles. The highest BCUT2D eigenvalue weighted by Crippen LogP contribution is 2.19. The minimum absolute atomic E-state index is 0.256. The first-order chi connectivity index (χ1) is 9.88. The normalized spacial score (nSPS) is 16.3. The van der Waals surface area contributed by atoms with Gasteiger partial charge in [-0.1, -0.05) is 12.1 Å². The molecule has 1 aromatic carbocycles. The van der Waals surface area contributed by atoms with E-state index in [0.717, 1.165) is 16.2 Å². The van der Waals surface area contributed by atoms with E-state index in [-0.39, 0.29) is 18.1 Å². The van der Waals surface area contributed by atoms with Crippen LogP contribution in [0.25, 0.3) is 6.08 Å². The van der Waals surface area contributed by atoms with E-state index in [4.69, 9.17) is 5.11 Å². The van der Waals surface area contributed by atoms with Crippen LogP contribution in [-0.2, 0) is 9.59 Å². The summed E-state index contributed by atoms with van der Waals surface area (Å²) in [4.78, 5) is 30.1. The third-order valence-corrected chi connectivity index (χ3v) is 3.14. The van der Waals surface area contributed by atoms with Crippen LogP contribution in [0, 0.1) is 0 Å². The van der Waals surface area contributed by atoms with Crippen LogP contribution in [0.2, 0.25) is 0 Å². The molecule has 110 valence electrons. The number of rotatable bonds is 4. The number of carboxylic acids is 1. The van der Waals surface area contributed by atoms with Crippen molar-refractivity contribution in [1.82, 2.24) is 4.90 Å². The molecule has 1 heterocycles. The van der Waals surface area contributed by atoms with Gasteiger partial charge in [0.05, 0.1) is 0 Å². The van der Waals surface area contributed by atoms with Gasteiger partial charge in [-0.05, 0) is 30.7 Å². The lowest BCUT2D eigenvalue weighted by Crippen LogP contribution is -2.35. The van der Waals surface area contributed by atoms with Gasteiger partial charge in [0.15, 0.2) is 0 Å². The summed E-state index contributed by atoms with van der Waals surface area (Å²) in [5.41, 5.74) is 2.16. The molecule has 0 atom stereocenters. The number of hydrogen-bond donors (Lipinski definition) is 1. The Kier molecular flexibility index (Phi) is 4.07. The van der Waals surface area contributed by atoms with Crippen LogP contribution in [0.5, 0.6) is 0 Å². The van der Waals surface area contributed by atoms with Gasteiger partial charge >= 0.3 is 5.97 Å². The summed E-state index contributed by atoms with van der Waals surface area (Å²) < 4.78 is 0. The summed E-state index contributed by atoms with van der Waals surface area (Å²) in [5, 5.41) is 8.79. The van der Waals surface area contributed by atoms with Gasteiger partial charge < -0.3 is 10.0 Å². The molecule has 1 amide bonds. The second kappa shape index (κ2) is 5.78. The Hall–Kier alpha value is -2.63. The molecule has 6 nitrogen and oxygen atoms in total. The van der Waals surface area contributed by atoms with Gasteiger partial charge in [0, 0.05) is 19.8 Å². The van der Waals surface area contributed by atoms with Gasteiger partial charge in [0.2, 0.25) is 0 Å². The van der Waals surface area contributed by atoms with Crippen LogP contribution < -0.4 is 4.90 Å². The fraction of sp³-hybridized carbons (Fsp3) is 0.267. The molecule has 1 aliphatic rings. The number of benzene rings is 1. The first-order valence-electron chi connectivity index (χ1n) is 6.46. The lowest BCUT2D eigenvalue weighted by molar-refractivity contribution is -0.140. The standard InChI is InChI=1S/C15H17N3O3/c1-10-16-13(15(21)18(10)9-14(19)20)8-11-4-6-12(7-5-11)17(2)3/h4-8H,9H2,1-3H3,(H,19,20)/b13-8+. The summed E-state index contributed by atoms with van der Waals surface area (Å²) >= 11 is 0. The minimum Gasteiger partial charge on any atom is -0.480 e. The molecule has 1 aromatic rings. The molecule has 0 saturated heterocycles. The highest BCUT2D eigenvalue weighted by Gasteiger charge is 2.28. The molecule has 6 heteroatoms. The molecule has 0 fully saturated rings. The van der Waals surface area contributed by atoms with Crippen molar-refractivity contribution >= 4 is 29.5 Å². The van der Waals surface area contributed by atoms with Crippen LogP contribution in [-0.4, -0.2) is 48.4 Å². The van der Waals surface area contributed by atoms with Crippen molar-refractivity contribution in [2.75, 3.05) is 25.5 Å². The monoisotopic (exact) mass is 287 g/mol. The number of hydrogen-bond acceptors (Lipinski definition) is 4. The number of nitrogens with zero attached hydrogens (tertiary/aromatic N) is 3. The zero-order valence-electron chi connectivity index (χ0n) is 12.2. The molecule has 0 aromatic heterocycles. The second-order valence-electron chi connectivity index (χ2n) is 4.96. The van der Waals surface area contributed by atoms with Crippen molar-refractivity contribution in [3.05, 3.63) is 35.5 Å². The van der Waals surface area contributed by atoms with Crippen molar-refractivity contribution in [3.8, 4) is 0 Å². The molecule has 0 bridgehead atoms. The molecule has 0 spiro atoms. The van der Waals surface area contributed by atoms with E-state index in [1.54, 1.807) is 13.0 Å². The Labute approximate surface area is 123 Å². The molecule has 2 rings (SSSR count). The number of amidine groups is 1. The molecule has 1 N–H and O–H groups in total. The Morgan fingerprint density at radius 3 is 2.48 bits per heavy atom. The number of anilines is 1. The number of carbonyl (C=O) groups is 2. The minimum atomic E-state index is -1.06. The largest absolute Gasteiger partial charge is 0.480 e. The fourth-order valence-electron chi connectivity index (χ4n) is 2.01. The molecular weight excluding hydrogens is 270 g/mol. The summed E-state index contributed by atoms with van der Waals surface area (Å²) in [6.45, 7) is 1.25. The van der Waals surface area contributed by atoms with E-state index < -0.39 is 5.97 Å². The van der Waals surface area contributed by atoms with Crippen molar-refractivity contribution in [3.63, 3.8) is 0 Å². The van der Waals surface area contributed by atoms with Crippen LogP contribution >= 0.6 is 0 Å². The number of amides is 1. The highest BCUT2D eigenvalue weighted by atomic mass is 16.4. The van der Waals surface area contributed by atoms with Crippen LogP contribution in [0.3, 0.4) is 0 Å².